The van der Waals surface area contributed by atoms with E-state index in [1.54, 1.807) is 35.1 Å². The van der Waals surface area contributed by atoms with E-state index in [9.17, 15) is 4.79 Å². The lowest BCUT2D eigenvalue weighted by Gasteiger charge is -2.27. The molecule has 3 aromatic heterocycles. The van der Waals surface area contributed by atoms with Crippen LogP contribution in [-0.2, 0) is 17.8 Å². The lowest BCUT2D eigenvalue weighted by Crippen LogP contribution is -2.45. The monoisotopic (exact) mass is 471 g/mol. The van der Waals surface area contributed by atoms with Crippen molar-refractivity contribution in [2.75, 3.05) is 57.7 Å². The zero-order chi connectivity index (χ0) is 21.8. The van der Waals surface area contributed by atoms with Gasteiger partial charge >= 0.3 is 0 Å². The Labute approximate surface area is 195 Å². The average molecular weight is 472 g/mol. The van der Waals surface area contributed by atoms with Crippen LogP contribution in [0.1, 0.15) is 16.9 Å². The number of thiazole rings is 1. The molecule has 8 nitrogen and oxygen atoms in total. The number of amides is 1. The predicted octanol–water partition coefficient (Wildman–Crippen LogP) is 1.89. The molecule has 1 fully saturated rings. The number of pyridine rings is 1. The first-order chi connectivity index (χ1) is 15.8. The largest absolute Gasteiger partial charge is 0.317 e. The van der Waals surface area contributed by atoms with E-state index in [1.807, 2.05) is 6.07 Å². The Morgan fingerprint density at radius 1 is 1.16 bits per heavy atom. The fraction of sp³-hybridized carbons (Fsp3) is 0.500. The summed E-state index contributed by atoms with van der Waals surface area (Å²) in [6.45, 7) is 8.77. The van der Waals surface area contributed by atoms with Gasteiger partial charge in [0.05, 0.1) is 10.9 Å². The molecule has 5 heterocycles. The number of piperazine rings is 1. The average Bonchev–Trinajstić information content (AvgIpc) is 3.40. The van der Waals surface area contributed by atoms with Gasteiger partial charge in [-0.1, -0.05) is 0 Å². The van der Waals surface area contributed by atoms with Crippen LogP contribution in [0.15, 0.2) is 18.5 Å². The minimum Gasteiger partial charge on any atom is -0.317 e. The maximum atomic E-state index is 12.7. The lowest BCUT2D eigenvalue weighted by molar-refractivity contribution is -0.116. The van der Waals surface area contributed by atoms with E-state index in [0.717, 1.165) is 84.6 Å². The maximum Gasteiger partial charge on any atom is 0.226 e. The van der Waals surface area contributed by atoms with E-state index in [4.69, 9.17) is 4.98 Å². The second-order valence-electron chi connectivity index (χ2n) is 8.14. The van der Waals surface area contributed by atoms with Crippen molar-refractivity contribution in [3.05, 3.63) is 28.9 Å². The molecule has 0 bridgehead atoms. The highest BCUT2D eigenvalue weighted by Crippen LogP contribution is 2.44. The minimum atomic E-state index is 0.0512. The summed E-state index contributed by atoms with van der Waals surface area (Å²) < 4.78 is 1.12. The van der Waals surface area contributed by atoms with Crippen LogP contribution in [0.25, 0.3) is 20.8 Å². The molecule has 0 saturated carbocycles. The number of nitrogens with one attached hydrogen (secondary N) is 4. The second-order valence-corrected chi connectivity index (χ2v) is 10.3. The van der Waals surface area contributed by atoms with Crippen LogP contribution in [0.3, 0.4) is 0 Å². The number of rotatable bonds is 8. The SMILES string of the molecule is O=C(CCNCCN1CCNCC1)Nc1sc2c(c1-c1nc3cnccc3s1)CCNC2. The van der Waals surface area contributed by atoms with Gasteiger partial charge < -0.3 is 21.3 Å². The molecule has 0 atom stereocenters. The van der Waals surface area contributed by atoms with Crippen LogP contribution in [0.4, 0.5) is 5.00 Å². The quantitative estimate of drug-likeness (QED) is 0.373. The van der Waals surface area contributed by atoms with Crippen molar-refractivity contribution in [2.24, 2.45) is 0 Å². The molecule has 2 aliphatic rings. The lowest BCUT2D eigenvalue weighted by atomic mass is 10.0. The van der Waals surface area contributed by atoms with Gasteiger partial charge in [0.25, 0.3) is 0 Å². The molecule has 10 heteroatoms. The fourth-order valence-corrected chi connectivity index (χ4v) is 6.53. The highest BCUT2D eigenvalue weighted by Gasteiger charge is 2.25. The van der Waals surface area contributed by atoms with Crippen molar-refractivity contribution < 1.29 is 4.79 Å². The normalized spacial score (nSPS) is 16.9. The zero-order valence-corrected chi connectivity index (χ0v) is 19.7. The minimum absolute atomic E-state index is 0.0512. The topological polar surface area (TPSA) is 94.2 Å². The summed E-state index contributed by atoms with van der Waals surface area (Å²) in [5.74, 6) is 0.0512. The molecule has 4 N–H and O–H groups in total. The zero-order valence-electron chi connectivity index (χ0n) is 18.1. The van der Waals surface area contributed by atoms with Crippen LogP contribution in [-0.4, -0.2) is 73.1 Å². The van der Waals surface area contributed by atoms with Crippen molar-refractivity contribution in [2.45, 2.75) is 19.4 Å². The molecular formula is C22H29N7OS2. The van der Waals surface area contributed by atoms with E-state index in [2.05, 4.69) is 31.2 Å². The van der Waals surface area contributed by atoms with E-state index in [1.165, 1.54) is 10.4 Å². The Bertz CT molecular complexity index is 1040. The van der Waals surface area contributed by atoms with Crippen LogP contribution < -0.4 is 21.3 Å². The number of nitrogens with zero attached hydrogens (tertiary/aromatic N) is 3. The summed E-state index contributed by atoms with van der Waals surface area (Å²) in [7, 11) is 0. The third kappa shape index (κ3) is 5.00. The highest BCUT2D eigenvalue weighted by molar-refractivity contribution is 7.22. The second kappa shape index (κ2) is 10.3. The van der Waals surface area contributed by atoms with Crippen molar-refractivity contribution >= 4 is 43.8 Å². The Morgan fingerprint density at radius 3 is 2.94 bits per heavy atom. The van der Waals surface area contributed by atoms with E-state index >= 15 is 0 Å². The van der Waals surface area contributed by atoms with Gasteiger partial charge in [-0.05, 0) is 24.6 Å². The first-order valence-corrected chi connectivity index (χ1v) is 12.9. The van der Waals surface area contributed by atoms with E-state index in [0.29, 0.717) is 13.0 Å². The Morgan fingerprint density at radius 2 is 2.06 bits per heavy atom. The van der Waals surface area contributed by atoms with Crippen molar-refractivity contribution in [3.63, 3.8) is 0 Å². The molecule has 5 rings (SSSR count). The standard InChI is InChI=1S/C22H29N7OS2/c30-19(3-6-23-7-10-29-11-8-24-9-12-29)28-22-20(15-1-4-26-14-18(15)32-22)21-27-16-13-25-5-2-17(16)31-21/h2,5,13,23-24,26H,1,3-4,6-12,14H2,(H,28,30). The molecule has 0 aromatic carbocycles. The molecule has 0 unspecified atom stereocenters. The number of thiophene rings is 1. The summed E-state index contributed by atoms with van der Waals surface area (Å²) in [5.41, 5.74) is 3.34. The Balaban J connectivity index is 1.23. The number of hydrogen-bond acceptors (Lipinski definition) is 9. The van der Waals surface area contributed by atoms with Gasteiger partial charge in [0.15, 0.2) is 0 Å². The smallest absolute Gasteiger partial charge is 0.226 e. The number of carbonyl (C=O) groups excluding carboxylic acids is 1. The fourth-order valence-electron chi connectivity index (χ4n) is 4.22. The summed E-state index contributed by atoms with van der Waals surface area (Å²) in [6, 6.07) is 2.00. The van der Waals surface area contributed by atoms with Crippen LogP contribution in [0.2, 0.25) is 0 Å². The van der Waals surface area contributed by atoms with Gasteiger partial charge in [-0.2, -0.15) is 0 Å². The van der Waals surface area contributed by atoms with Gasteiger partial charge in [-0.3, -0.25) is 14.7 Å². The first-order valence-electron chi connectivity index (χ1n) is 11.3. The molecule has 0 aliphatic carbocycles. The number of fused-ring (bicyclic) bond motifs is 2. The molecular weight excluding hydrogens is 442 g/mol. The summed E-state index contributed by atoms with van der Waals surface area (Å²) in [4.78, 5) is 25.5. The molecule has 1 amide bonds. The van der Waals surface area contributed by atoms with Gasteiger partial charge in [-0.25, -0.2) is 4.98 Å². The summed E-state index contributed by atoms with van der Waals surface area (Å²) in [5, 5.41) is 15.3. The highest BCUT2D eigenvalue weighted by atomic mass is 32.1. The molecule has 0 radical (unpaired) electrons. The molecule has 170 valence electrons. The first kappa shape index (κ1) is 21.9. The van der Waals surface area contributed by atoms with Crippen molar-refractivity contribution in [1.29, 1.82) is 0 Å². The van der Waals surface area contributed by atoms with Crippen LogP contribution in [0, 0.1) is 0 Å². The Kier molecular flexibility index (Phi) is 7.06. The molecule has 2 aliphatic heterocycles. The van der Waals surface area contributed by atoms with E-state index in [-0.39, 0.29) is 5.91 Å². The Hall–Kier alpha value is -1.95. The predicted molar refractivity (Wildman–Crippen MR) is 132 cm³/mol. The molecule has 32 heavy (non-hydrogen) atoms. The van der Waals surface area contributed by atoms with Crippen LogP contribution in [0.5, 0.6) is 0 Å². The molecule has 0 spiro atoms. The van der Waals surface area contributed by atoms with Gasteiger partial charge in [0.1, 0.15) is 15.5 Å². The third-order valence-electron chi connectivity index (χ3n) is 5.93. The van der Waals surface area contributed by atoms with Crippen molar-refractivity contribution in [3.8, 4) is 10.6 Å². The maximum absolute atomic E-state index is 12.7. The van der Waals surface area contributed by atoms with E-state index < -0.39 is 0 Å². The van der Waals surface area contributed by atoms with Gasteiger partial charge in [-0.15, -0.1) is 22.7 Å². The number of hydrogen-bond donors (Lipinski definition) is 4. The summed E-state index contributed by atoms with van der Waals surface area (Å²) in [6.07, 6.45) is 5.03. The third-order valence-corrected chi connectivity index (χ3v) is 8.13. The van der Waals surface area contributed by atoms with Gasteiger partial charge in [0, 0.05) is 75.4 Å². The molecule has 3 aromatic rings. The van der Waals surface area contributed by atoms with Crippen LogP contribution >= 0.6 is 22.7 Å². The van der Waals surface area contributed by atoms with Gasteiger partial charge in [0.2, 0.25) is 5.91 Å². The number of aromatic nitrogens is 2. The number of carbonyl (C=O) groups is 1. The molecule has 1 saturated heterocycles. The summed E-state index contributed by atoms with van der Waals surface area (Å²) >= 11 is 3.35. The van der Waals surface area contributed by atoms with Crippen molar-refractivity contribution in [1.82, 2.24) is 30.8 Å². The number of anilines is 1.